The van der Waals surface area contributed by atoms with E-state index in [1.807, 2.05) is 0 Å². The molecule has 18 heavy (non-hydrogen) atoms. The minimum Gasteiger partial charge on any atom is -0.255 e. The van der Waals surface area contributed by atoms with Crippen molar-refractivity contribution in [2.75, 3.05) is 19.6 Å². The maximum atomic E-state index is 3.48. The number of hydrogen-bond donors (Lipinski definition) is 1. The van der Waals surface area contributed by atoms with Gasteiger partial charge in [0, 0.05) is 19.6 Å². The van der Waals surface area contributed by atoms with Crippen LogP contribution in [0.3, 0.4) is 0 Å². The summed E-state index contributed by atoms with van der Waals surface area (Å²) in [6.45, 7) is 10.1. The third kappa shape index (κ3) is 12.4. The Labute approximate surface area is 115 Å². The van der Waals surface area contributed by atoms with Crippen molar-refractivity contribution < 1.29 is 0 Å². The number of hydrazine groups is 1. The van der Waals surface area contributed by atoms with Crippen LogP contribution in [0.15, 0.2) is 0 Å². The number of nitrogens with zero attached hydrogens (tertiary/aromatic N) is 1. The summed E-state index contributed by atoms with van der Waals surface area (Å²) in [6.07, 6.45) is 14.2. The molecule has 0 aliphatic rings. The minimum absolute atomic E-state index is 1.11. The molecule has 0 aromatic heterocycles. The van der Waals surface area contributed by atoms with E-state index >= 15 is 0 Å². The molecular weight excluding hydrogens is 220 g/mol. The first-order valence-electron chi connectivity index (χ1n) is 8.33. The number of nitrogens with one attached hydrogen (secondary N) is 1. The predicted octanol–water partition coefficient (Wildman–Crippen LogP) is 4.75. The SMILES string of the molecule is CCCCCCCCCCCCNN(CC)CC. The highest BCUT2D eigenvalue weighted by Crippen LogP contribution is 2.10. The second kappa shape index (κ2) is 15.0. The molecule has 2 nitrogen and oxygen atoms in total. The summed E-state index contributed by atoms with van der Waals surface area (Å²) in [5.41, 5.74) is 3.48. The Bertz CT molecular complexity index is 144. The second-order valence-electron chi connectivity index (χ2n) is 5.26. The van der Waals surface area contributed by atoms with E-state index < -0.39 is 0 Å². The highest BCUT2D eigenvalue weighted by Gasteiger charge is 1.96. The van der Waals surface area contributed by atoms with Gasteiger partial charge in [0.15, 0.2) is 0 Å². The maximum Gasteiger partial charge on any atom is 0.0102 e. The Kier molecular flexibility index (Phi) is 14.9. The van der Waals surface area contributed by atoms with Crippen LogP contribution in [0.25, 0.3) is 0 Å². The molecule has 0 bridgehead atoms. The topological polar surface area (TPSA) is 15.3 Å². The van der Waals surface area contributed by atoms with Gasteiger partial charge in [-0.1, -0.05) is 78.6 Å². The largest absolute Gasteiger partial charge is 0.255 e. The monoisotopic (exact) mass is 256 g/mol. The average Bonchev–Trinajstić information content (AvgIpc) is 2.40. The molecular formula is C16H36N2. The van der Waals surface area contributed by atoms with E-state index in [0.29, 0.717) is 0 Å². The number of hydrogen-bond acceptors (Lipinski definition) is 2. The molecule has 0 aliphatic heterocycles. The van der Waals surface area contributed by atoms with Crippen LogP contribution in [0.2, 0.25) is 0 Å². The Hall–Kier alpha value is -0.0800. The summed E-state index contributed by atoms with van der Waals surface area (Å²) in [5.74, 6) is 0. The molecule has 2 heteroatoms. The van der Waals surface area contributed by atoms with E-state index in [4.69, 9.17) is 0 Å². The second-order valence-corrected chi connectivity index (χ2v) is 5.26. The molecule has 0 amide bonds. The lowest BCUT2D eigenvalue weighted by Gasteiger charge is -2.19. The third-order valence-corrected chi connectivity index (χ3v) is 3.63. The van der Waals surface area contributed by atoms with Crippen LogP contribution in [0.5, 0.6) is 0 Å². The van der Waals surface area contributed by atoms with Gasteiger partial charge in [-0.05, 0) is 6.42 Å². The summed E-state index contributed by atoms with van der Waals surface area (Å²) in [6, 6.07) is 0. The van der Waals surface area contributed by atoms with E-state index in [1.54, 1.807) is 0 Å². The zero-order valence-electron chi connectivity index (χ0n) is 13.1. The van der Waals surface area contributed by atoms with Crippen molar-refractivity contribution in [1.82, 2.24) is 10.4 Å². The lowest BCUT2D eigenvalue weighted by Crippen LogP contribution is -2.38. The van der Waals surface area contributed by atoms with Crippen LogP contribution in [-0.4, -0.2) is 24.6 Å². The van der Waals surface area contributed by atoms with Gasteiger partial charge >= 0.3 is 0 Å². The summed E-state index contributed by atoms with van der Waals surface area (Å²) in [5, 5.41) is 2.29. The molecule has 0 rings (SSSR count). The molecule has 1 N–H and O–H groups in total. The standard InChI is InChI=1S/C16H36N2/c1-4-7-8-9-10-11-12-13-14-15-16-17-18(5-2)6-3/h17H,4-16H2,1-3H3. The van der Waals surface area contributed by atoms with Gasteiger partial charge in [0.2, 0.25) is 0 Å². The maximum absolute atomic E-state index is 3.48. The van der Waals surface area contributed by atoms with Crippen molar-refractivity contribution in [2.24, 2.45) is 0 Å². The van der Waals surface area contributed by atoms with Gasteiger partial charge in [-0.3, -0.25) is 5.43 Å². The molecule has 0 radical (unpaired) electrons. The highest BCUT2D eigenvalue weighted by molar-refractivity contribution is 4.50. The van der Waals surface area contributed by atoms with Crippen LogP contribution in [0.1, 0.15) is 85.0 Å². The van der Waals surface area contributed by atoms with E-state index in [9.17, 15) is 0 Å². The molecule has 0 aliphatic carbocycles. The lowest BCUT2D eigenvalue weighted by molar-refractivity contribution is 0.207. The Morgan fingerprint density at radius 2 is 1.06 bits per heavy atom. The van der Waals surface area contributed by atoms with Gasteiger partial charge in [-0.2, -0.15) is 0 Å². The zero-order chi connectivity index (χ0) is 13.5. The van der Waals surface area contributed by atoms with Gasteiger partial charge in [-0.15, -0.1) is 0 Å². The van der Waals surface area contributed by atoms with Crippen LogP contribution in [0.4, 0.5) is 0 Å². The summed E-state index contributed by atoms with van der Waals surface area (Å²) < 4.78 is 0. The van der Waals surface area contributed by atoms with Crippen LogP contribution in [0, 0.1) is 0 Å². The minimum atomic E-state index is 1.11. The zero-order valence-corrected chi connectivity index (χ0v) is 13.1. The molecule has 0 saturated heterocycles. The first-order valence-corrected chi connectivity index (χ1v) is 8.33. The van der Waals surface area contributed by atoms with Gasteiger partial charge in [-0.25, -0.2) is 5.01 Å². The van der Waals surface area contributed by atoms with Crippen molar-refractivity contribution in [3.63, 3.8) is 0 Å². The average molecular weight is 256 g/mol. The summed E-state index contributed by atoms with van der Waals surface area (Å²) >= 11 is 0. The fraction of sp³-hybridized carbons (Fsp3) is 1.00. The molecule has 0 heterocycles. The molecule has 0 unspecified atom stereocenters. The van der Waals surface area contributed by atoms with Crippen molar-refractivity contribution in [3.05, 3.63) is 0 Å². The first kappa shape index (κ1) is 17.9. The Morgan fingerprint density at radius 3 is 1.50 bits per heavy atom. The van der Waals surface area contributed by atoms with Gasteiger partial charge < -0.3 is 0 Å². The smallest absolute Gasteiger partial charge is 0.0102 e. The fourth-order valence-corrected chi connectivity index (χ4v) is 2.30. The Balaban J connectivity index is 3.03. The van der Waals surface area contributed by atoms with Crippen molar-refractivity contribution in [3.8, 4) is 0 Å². The van der Waals surface area contributed by atoms with Crippen LogP contribution < -0.4 is 5.43 Å². The molecule has 0 spiro atoms. The van der Waals surface area contributed by atoms with E-state index in [2.05, 4.69) is 31.2 Å². The van der Waals surface area contributed by atoms with Gasteiger partial charge in [0.1, 0.15) is 0 Å². The van der Waals surface area contributed by atoms with Crippen molar-refractivity contribution in [2.45, 2.75) is 85.0 Å². The van der Waals surface area contributed by atoms with Crippen LogP contribution >= 0.6 is 0 Å². The number of rotatable bonds is 14. The van der Waals surface area contributed by atoms with E-state index in [-0.39, 0.29) is 0 Å². The lowest BCUT2D eigenvalue weighted by atomic mass is 10.1. The van der Waals surface area contributed by atoms with E-state index in [0.717, 1.165) is 19.6 Å². The first-order chi connectivity index (χ1) is 8.85. The van der Waals surface area contributed by atoms with Crippen LogP contribution in [-0.2, 0) is 0 Å². The van der Waals surface area contributed by atoms with Gasteiger partial charge in [0.25, 0.3) is 0 Å². The highest BCUT2D eigenvalue weighted by atomic mass is 15.5. The summed E-state index contributed by atoms with van der Waals surface area (Å²) in [7, 11) is 0. The van der Waals surface area contributed by atoms with E-state index in [1.165, 1.54) is 64.2 Å². The number of unbranched alkanes of at least 4 members (excludes halogenated alkanes) is 9. The molecule has 0 fully saturated rings. The Morgan fingerprint density at radius 1 is 0.611 bits per heavy atom. The quantitative estimate of drug-likeness (QED) is 0.356. The van der Waals surface area contributed by atoms with Crippen molar-refractivity contribution >= 4 is 0 Å². The van der Waals surface area contributed by atoms with Gasteiger partial charge in [0.05, 0.1) is 0 Å². The van der Waals surface area contributed by atoms with Crippen molar-refractivity contribution in [1.29, 1.82) is 0 Å². The molecule has 0 aromatic rings. The fourth-order valence-electron chi connectivity index (χ4n) is 2.30. The molecule has 0 atom stereocenters. The summed E-state index contributed by atoms with van der Waals surface area (Å²) in [4.78, 5) is 0. The predicted molar refractivity (Wildman–Crippen MR) is 82.8 cm³/mol. The normalized spacial score (nSPS) is 11.3. The molecule has 110 valence electrons. The third-order valence-electron chi connectivity index (χ3n) is 3.63. The molecule has 0 aromatic carbocycles. The molecule has 0 saturated carbocycles.